The first-order valence-corrected chi connectivity index (χ1v) is 10.5. The molecule has 176 valence electrons. The zero-order valence-electron chi connectivity index (χ0n) is 18.4. The number of amidine groups is 1. The van der Waals surface area contributed by atoms with Crippen LogP contribution in [0.2, 0.25) is 0 Å². The fourth-order valence-corrected chi connectivity index (χ4v) is 3.48. The van der Waals surface area contributed by atoms with Crippen molar-refractivity contribution >= 4 is 23.1 Å². The third-order valence-corrected chi connectivity index (χ3v) is 5.34. The minimum absolute atomic E-state index is 0.0727. The van der Waals surface area contributed by atoms with Gasteiger partial charge in [-0.25, -0.2) is 11.4 Å². The summed E-state index contributed by atoms with van der Waals surface area (Å²) >= 11 is 0. The number of nitrogens with two attached hydrogens (primary N) is 2. The Kier molecular flexibility index (Phi) is 6.56. The largest absolute Gasteiger partial charge is 0.502 e. The van der Waals surface area contributed by atoms with Crippen LogP contribution in [0.25, 0.3) is 11.1 Å². The summed E-state index contributed by atoms with van der Waals surface area (Å²) < 4.78 is 0. The van der Waals surface area contributed by atoms with Gasteiger partial charge in [-0.1, -0.05) is 42.5 Å². The molecule has 0 fully saturated rings. The molecule has 0 heterocycles. The van der Waals surface area contributed by atoms with E-state index in [0.29, 0.717) is 28.9 Å². The first kappa shape index (κ1) is 23.2. The highest BCUT2D eigenvalue weighted by Gasteiger charge is 2.20. The highest BCUT2D eigenvalue weighted by molar-refractivity contribution is 6.00. The van der Waals surface area contributed by atoms with E-state index in [1.54, 1.807) is 42.5 Å². The van der Waals surface area contributed by atoms with E-state index in [1.165, 1.54) is 0 Å². The number of nitrogens with zero attached hydrogens (tertiary/aromatic N) is 1. The second kappa shape index (κ2) is 9.89. The molecule has 0 unspecified atom stereocenters. The first-order chi connectivity index (χ1) is 16.9. The summed E-state index contributed by atoms with van der Waals surface area (Å²) in [5, 5.41) is 19.1. The monoisotopic (exact) mass is 470 g/mol. The summed E-state index contributed by atoms with van der Waals surface area (Å²) in [4.78, 5) is 35.6. The lowest BCUT2D eigenvalue weighted by molar-refractivity contribution is 0.0951. The van der Waals surface area contributed by atoms with Crippen LogP contribution in [0.4, 0.5) is 11.4 Å². The minimum Gasteiger partial charge on any atom is -0.502 e. The third kappa shape index (κ3) is 5.02. The van der Waals surface area contributed by atoms with Crippen LogP contribution in [0.5, 0.6) is 5.75 Å². The first-order valence-electron chi connectivity index (χ1n) is 10.5. The third-order valence-electron chi connectivity index (χ3n) is 5.34. The molecule has 35 heavy (non-hydrogen) atoms. The molecule has 0 atom stereocenters. The topological polar surface area (TPSA) is 172 Å². The lowest BCUT2D eigenvalue weighted by Gasteiger charge is -2.13. The zero-order valence-corrected chi connectivity index (χ0v) is 18.4. The van der Waals surface area contributed by atoms with Crippen LogP contribution in [0.3, 0.4) is 0 Å². The molecule has 0 saturated heterocycles. The molecular formula is C25H22N6O4. The number of benzene rings is 3. The van der Waals surface area contributed by atoms with E-state index in [1.807, 2.05) is 30.3 Å². The zero-order chi connectivity index (χ0) is 24.9. The summed E-state index contributed by atoms with van der Waals surface area (Å²) in [5.41, 5.74) is 9.88. The lowest BCUT2D eigenvalue weighted by Crippen LogP contribution is -2.32. The van der Waals surface area contributed by atoms with Crippen LogP contribution in [-0.2, 0) is 6.54 Å². The van der Waals surface area contributed by atoms with Gasteiger partial charge in [0.1, 0.15) is 5.69 Å². The van der Waals surface area contributed by atoms with E-state index in [0.717, 1.165) is 11.1 Å². The van der Waals surface area contributed by atoms with Gasteiger partial charge in [-0.15, -0.1) is 5.10 Å². The number of hydrogen-bond donors (Lipinski definition) is 6. The number of aromatic hydroxyl groups is 1. The molecule has 0 aliphatic rings. The lowest BCUT2D eigenvalue weighted by atomic mass is 10.00. The van der Waals surface area contributed by atoms with Crippen molar-refractivity contribution < 1.29 is 9.90 Å². The normalized spacial score (nSPS) is 11.3. The SMILES string of the molecule is NN/N=C(\N)c1cc(Nc2c(O)c(=O)c2=O)cc(-c2ccc(C(=O)NCc3ccccc3)cc2)c1. The molecule has 0 aliphatic carbocycles. The second-order valence-corrected chi connectivity index (χ2v) is 7.68. The number of hydrazone groups is 1. The average Bonchev–Trinajstić information content (AvgIpc) is 2.90. The van der Waals surface area contributed by atoms with Gasteiger partial charge < -0.3 is 21.5 Å². The average molecular weight is 470 g/mol. The molecule has 0 aliphatic heterocycles. The van der Waals surface area contributed by atoms with Crippen molar-refractivity contribution in [2.24, 2.45) is 16.7 Å². The fraction of sp³-hybridized carbons (Fsp3) is 0.0400. The van der Waals surface area contributed by atoms with Gasteiger partial charge in [-0.3, -0.25) is 14.4 Å². The number of amides is 1. The molecular weight excluding hydrogens is 448 g/mol. The van der Waals surface area contributed by atoms with E-state index in [9.17, 15) is 19.5 Å². The molecule has 0 aromatic heterocycles. The van der Waals surface area contributed by atoms with Crippen LogP contribution < -0.4 is 38.6 Å². The Morgan fingerprint density at radius 3 is 2.26 bits per heavy atom. The van der Waals surface area contributed by atoms with Gasteiger partial charge in [0, 0.05) is 23.4 Å². The van der Waals surface area contributed by atoms with Gasteiger partial charge >= 0.3 is 0 Å². The number of carbonyl (C=O) groups excluding carboxylic acids is 1. The van der Waals surface area contributed by atoms with E-state index in [2.05, 4.69) is 21.3 Å². The van der Waals surface area contributed by atoms with Gasteiger partial charge in [0.2, 0.25) is 0 Å². The maximum absolute atomic E-state index is 12.5. The molecule has 4 aromatic carbocycles. The van der Waals surface area contributed by atoms with E-state index in [-0.39, 0.29) is 17.4 Å². The molecule has 8 N–H and O–H groups in total. The maximum Gasteiger partial charge on any atom is 0.271 e. The van der Waals surface area contributed by atoms with E-state index >= 15 is 0 Å². The minimum atomic E-state index is -0.946. The van der Waals surface area contributed by atoms with Gasteiger partial charge in [0.15, 0.2) is 11.6 Å². The Bertz CT molecular complexity index is 1470. The molecule has 0 bridgehead atoms. The summed E-state index contributed by atoms with van der Waals surface area (Å²) in [6.45, 7) is 0.413. The predicted octanol–water partition coefficient (Wildman–Crippen LogP) is 1.41. The van der Waals surface area contributed by atoms with Gasteiger partial charge in [-0.2, -0.15) is 0 Å². The van der Waals surface area contributed by atoms with Crippen LogP contribution in [-0.4, -0.2) is 16.8 Å². The Balaban J connectivity index is 1.59. The van der Waals surface area contributed by atoms with E-state index in [4.69, 9.17) is 11.6 Å². The molecule has 4 rings (SSSR count). The Morgan fingerprint density at radius 1 is 0.886 bits per heavy atom. The second-order valence-electron chi connectivity index (χ2n) is 7.68. The maximum atomic E-state index is 12.5. The van der Waals surface area contributed by atoms with Crippen LogP contribution in [0, 0.1) is 0 Å². The van der Waals surface area contributed by atoms with Crippen LogP contribution in [0.15, 0.2) is 87.5 Å². The highest BCUT2D eigenvalue weighted by atomic mass is 16.3. The van der Waals surface area contributed by atoms with E-state index < -0.39 is 16.6 Å². The van der Waals surface area contributed by atoms with Crippen LogP contribution >= 0.6 is 0 Å². The number of rotatable bonds is 8. The number of anilines is 2. The molecule has 0 spiro atoms. The van der Waals surface area contributed by atoms with Gasteiger partial charge in [0.25, 0.3) is 16.8 Å². The summed E-state index contributed by atoms with van der Waals surface area (Å²) in [6, 6.07) is 21.5. The molecule has 10 nitrogen and oxygen atoms in total. The Labute approximate surface area is 199 Å². The molecule has 1 amide bonds. The number of hydrogen-bond acceptors (Lipinski definition) is 8. The number of nitrogens with one attached hydrogen (secondary N) is 3. The number of hydrazine groups is 1. The highest BCUT2D eigenvalue weighted by Crippen LogP contribution is 2.28. The quantitative estimate of drug-likeness (QED) is 0.0737. The molecule has 0 radical (unpaired) electrons. The smallest absolute Gasteiger partial charge is 0.271 e. The fourth-order valence-electron chi connectivity index (χ4n) is 3.48. The molecule has 0 saturated carbocycles. The van der Waals surface area contributed by atoms with Crippen molar-refractivity contribution in [1.29, 1.82) is 0 Å². The predicted molar refractivity (Wildman–Crippen MR) is 134 cm³/mol. The van der Waals surface area contributed by atoms with Crippen molar-refractivity contribution in [1.82, 2.24) is 10.9 Å². The van der Waals surface area contributed by atoms with Crippen molar-refractivity contribution in [3.05, 3.63) is 110 Å². The van der Waals surface area contributed by atoms with Gasteiger partial charge in [-0.05, 0) is 47.0 Å². The summed E-state index contributed by atoms with van der Waals surface area (Å²) in [5.74, 6) is 4.47. The van der Waals surface area contributed by atoms with Crippen molar-refractivity contribution in [3.8, 4) is 16.9 Å². The summed E-state index contributed by atoms with van der Waals surface area (Å²) in [7, 11) is 0. The summed E-state index contributed by atoms with van der Waals surface area (Å²) in [6.07, 6.45) is 0. The van der Waals surface area contributed by atoms with Gasteiger partial charge in [0.05, 0.1) is 0 Å². The van der Waals surface area contributed by atoms with Crippen molar-refractivity contribution in [3.63, 3.8) is 0 Å². The molecule has 4 aromatic rings. The van der Waals surface area contributed by atoms with Crippen molar-refractivity contribution in [2.75, 3.05) is 5.32 Å². The van der Waals surface area contributed by atoms with Crippen molar-refractivity contribution in [2.45, 2.75) is 6.54 Å². The van der Waals surface area contributed by atoms with Crippen LogP contribution in [0.1, 0.15) is 21.5 Å². The Hall–Kier alpha value is -4.96. The Morgan fingerprint density at radius 2 is 1.60 bits per heavy atom. The molecule has 10 heteroatoms. The number of carbonyl (C=O) groups is 1. The standard InChI is InChI=1S/C25H22N6O4/c26-24(30-31-27)18-10-17(11-19(12-18)29-20-21(32)23(34)22(20)33)15-6-8-16(9-7-15)25(35)28-13-14-4-2-1-3-5-14/h1-12,29,31-32H,13,27H2,(H2,26,30)(H,28,35).